The fraction of sp³-hybridized carbons (Fsp3) is 0.222. The molecule has 1 aliphatic rings. The van der Waals surface area contributed by atoms with Gasteiger partial charge in [0.25, 0.3) is 0 Å². The fourth-order valence-electron chi connectivity index (χ4n) is 3.04. The van der Waals surface area contributed by atoms with Gasteiger partial charge in [-0.15, -0.1) is 0 Å². The second-order valence-electron chi connectivity index (χ2n) is 5.42. The highest BCUT2D eigenvalue weighted by molar-refractivity contribution is 9.10. The quantitative estimate of drug-likeness (QED) is 0.872. The van der Waals surface area contributed by atoms with Crippen LogP contribution in [0.1, 0.15) is 17.0 Å². The smallest absolute Gasteiger partial charge is 0.174 e. The molecule has 2 aromatic rings. The normalized spacial score (nSPS) is 19.0. The molecule has 0 spiro atoms. The van der Waals surface area contributed by atoms with Crippen molar-refractivity contribution in [2.45, 2.75) is 5.92 Å². The van der Waals surface area contributed by atoms with Gasteiger partial charge in [-0.3, -0.25) is 0 Å². The van der Waals surface area contributed by atoms with Crippen molar-refractivity contribution in [3.05, 3.63) is 52.0 Å². The molecule has 0 fully saturated rings. The third-order valence-electron chi connectivity index (χ3n) is 4.13. The third kappa shape index (κ3) is 2.61. The first-order chi connectivity index (χ1) is 11.6. The largest absolute Gasteiger partial charge is 0.493 e. The van der Waals surface area contributed by atoms with Crippen LogP contribution >= 0.6 is 15.9 Å². The van der Waals surface area contributed by atoms with E-state index in [4.69, 9.17) is 15.2 Å². The summed E-state index contributed by atoms with van der Waals surface area (Å²) < 4.78 is 11.6. The number of halogens is 1. The van der Waals surface area contributed by atoms with Gasteiger partial charge in [-0.2, -0.15) is 5.26 Å². The van der Waals surface area contributed by atoms with Gasteiger partial charge in [0, 0.05) is 5.92 Å². The summed E-state index contributed by atoms with van der Waals surface area (Å²) in [6.07, 6.45) is 0. The van der Waals surface area contributed by atoms with E-state index in [2.05, 4.69) is 27.0 Å². The van der Waals surface area contributed by atoms with Crippen molar-refractivity contribution >= 4 is 27.5 Å². The molecular weight excluding hydrogens is 370 g/mol. The molecule has 0 aromatic heterocycles. The number of rotatable bonds is 3. The molecule has 2 atom stereocenters. The number of aliphatic imine (C=N–C) groups is 1. The zero-order valence-corrected chi connectivity index (χ0v) is 14.9. The Morgan fingerprint density at radius 3 is 2.62 bits per heavy atom. The minimum Gasteiger partial charge on any atom is -0.493 e. The molecule has 1 aliphatic heterocycles. The Kier molecular flexibility index (Phi) is 4.45. The first kappa shape index (κ1) is 16.3. The maximum Gasteiger partial charge on any atom is 0.174 e. The van der Waals surface area contributed by atoms with Crippen molar-refractivity contribution in [2.75, 3.05) is 14.2 Å². The third-order valence-corrected chi connectivity index (χ3v) is 4.72. The number of ether oxygens (including phenoxy) is 2. The molecule has 2 unspecified atom stereocenters. The summed E-state index contributed by atoms with van der Waals surface area (Å²) in [5, 5.41) is 9.64. The molecule has 0 aliphatic carbocycles. The fourth-order valence-corrected chi connectivity index (χ4v) is 3.66. The Bertz CT molecular complexity index is 858. The molecule has 0 bridgehead atoms. The Balaban J connectivity index is 2.22. The first-order valence-corrected chi connectivity index (χ1v) is 8.14. The Morgan fingerprint density at radius 2 is 1.96 bits per heavy atom. The van der Waals surface area contributed by atoms with Gasteiger partial charge >= 0.3 is 0 Å². The summed E-state index contributed by atoms with van der Waals surface area (Å²) in [7, 11) is 3.17. The Morgan fingerprint density at radius 1 is 1.21 bits per heavy atom. The molecule has 122 valence electrons. The number of methoxy groups -OCH3 is 2. The van der Waals surface area contributed by atoms with E-state index in [-0.39, 0.29) is 5.92 Å². The predicted octanol–water partition coefficient (Wildman–Crippen LogP) is 3.74. The average Bonchev–Trinajstić information content (AvgIpc) is 2.59. The molecule has 0 radical (unpaired) electrons. The van der Waals surface area contributed by atoms with Crippen LogP contribution < -0.4 is 15.2 Å². The van der Waals surface area contributed by atoms with E-state index >= 15 is 0 Å². The lowest BCUT2D eigenvalue weighted by molar-refractivity contribution is 0.352. The second-order valence-corrected chi connectivity index (χ2v) is 6.27. The molecule has 0 saturated heterocycles. The van der Waals surface area contributed by atoms with Crippen molar-refractivity contribution in [3.8, 4) is 17.6 Å². The van der Waals surface area contributed by atoms with Crippen LogP contribution in [0.15, 0.2) is 45.9 Å². The minimum absolute atomic E-state index is 0.222. The van der Waals surface area contributed by atoms with Gasteiger partial charge in [0.15, 0.2) is 11.5 Å². The molecule has 2 aromatic carbocycles. The number of hydrogen-bond donors (Lipinski definition) is 1. The summed E-state index contributed by atoms with van der Waals surface area (Å²) in [6, 6.07) is 13.8. The summed E-state index contributed by atoms with van der Waals surface area (Å²) in [6.45, 7) is 0. The topological polar surface area (TPSA) is 80.6 Å². The van der Waals surface area contributed by atoms with E-state index in [0.29, 0.717) is 17.3 Å². The highest BCUT2D eigenvalue weighted by Crippen LogP contribution is 2.45. The average molecular weight is 386 g/mol. The lowest BCUT2D eigenvalue weighted by Gasteiger charge is -2.28. The van der Waals surface area contributed by atoms with Gasteiger partial charge in [0.1, 0.15) is 11.8 Å². The number of hydrogen-bond acceptors (Lipinski definition) is 5. The van der Waals surface area contributed by atoms with Gasteiger partial charge in [-0.05, 0) is 45.3 Å². The van der Waals surface area contributed by atoms with Crippen LogP contribution in [0.5, 0.6) is 11.5 Å². The lowest BCUT2D eigenvalue weighted by Crippen LogP contribution is -2.31. The molecule has 0 saturated carbocycles. The van der Waals surface area contributed by atoms with E-state index in [1.807, 2.05) is 36.4 Å². The number of benzene rings is 2. The molecule has 0 amide bonds. The van der Waals surface area contributed by atoms with Crippen LogP contribution in [0.25, 0.3) is 0 Å². The van der Waals surface area contributed by atoms with Crippen molar-refractivity contribution in [1.82, 2.24) is 0 Å². The number of nitrogens with two attached hydrogens (primary N) is 1. The van der Waals surface area contributed by atoms with E-state index in [1.54, 1.807) is 14.2 Å². The van der Waals surface area contributed by atoms with Gasteiger partial charge in [-0.1, -0.05) is 18.2 Å². The Hall–Kier alpha value is -2.52. The van der Waals surface area contributed by atoms with Crippen LogP contribution in [0.3, 0.4) is 0 Å². The van der Waals surface area contributed by atoms with Gasteiger partial charge in [-0.25, -0.2) is 4.99 Å². The number of fused-ring (bicyclic) bond motifs is 1. The highest BCUT2D eigenvalue weighted by atomic mass is 79.9. The van der Waals surface area contributed by atoms with Crippen LogP contribution in [-0.2, 0) is 0 Å². The van der Waals surface area contributed by atoms with Crippen molar-refractivity contribution in [2.24, 2.45) is 16.6 Å². The van der Waals surface area contributed by atoms with E-state index in [9.17, 15) is 5.26 Å². The molecule has 2 N–H and O–H groups in total. The SMILES string of the molecule is COc1cc(C2c3ccccc3N=C(N)C2C#N)cc(Br)c1OC. The van der Waals surface area contributed by atoms with E-state index in [1.165, 1.54) is 0 Å². The minimum atomic E-state index is -0.537. The van der Waals surface area contributed by atoms with Crippen LogP contribution in [0.4, 0.5) is 5.69 Å². The molecular formula is C18H16BrN3O2. The number of amidine groups is 1. The Labute approximate surface area is 148 Å². The summed E-state index contributed by atoms with van der Waals surface area (Å²) in [5.74, 6) is 0.773. The zero-order valence-electron chi connectivity index (χ0n) is 13.3. The summed E-state index contributed by atoms with van der Waals surface area (Å²) >= 11 is 3.51. The summed E-state index contributed by atoms with van der Waals surface area (Å²) in [4.78, 5) is 4.38. The number of para-hydroxylation sites is 1. The van der Waals surface area contributed by atoms with Gasteiger partial charge in [0.05, 0.1) is 30.4 Å². The standard InChI is InChI=1S/C18H16BrN3O2/c1-23-15-8-10(7-13(19)17(15)24-2)16-11-5-3-4-6-14(11)22-18(21)12(16)9-20/h3-8,12,16H,1-2H3,(H2,21,22). The predicted molar refractivity (Wildman–Crippen MR) is 95.9 cm³/mol. The molecule has 3 rings (SSSR count). The summed E-state index contributed by atoms with van der Waals surface area (Å²) in [5.41, 5.74) is 8.73. The second kappa shape index (κ2) is 6.54. The van der Waals surface area contributed by atoms with Gasteiger partial charge < -0.3 is 15.2 Å². The van der Waals surface area contributed by atoms with Crippen molar-refractivity contribution in [1.29, 1.82) is 5.26 Å². The van der Waals surface area contributed by atoms with E-state index in [0.717, 1.165) is 21.3 Å². The van der Waals surface area contributed by atoms with Gasteiger partial charge in [0.2, 0.25) is 0 Å². The molecule has 5 nitrogen and oxygen atoms in total. The zero-order chi connectivity index (χ0) is 17.3. The molecule has 1 heterocycles. The highest BCUT2D eigenvalue weighted by Gasteiger charge is 2.34. The van der Waals surface area contributed by atoms with E-state index < -0.39 is 5.92 Å². The maximum absolute atomic E-state index is 9.64. The maximum atomic E-state index is 9.64. The lowest BCUT2D eigenvalue weighted by atomic mass is 9.78. The van der Waals surface area contributed by atoms with Crippen molar-refractivity contribution < 1.29 is 9.47 Å². The number of nitrogens with zero attached hydrogens (tertiary/aromatic N) is 2. The van der Waals surface area contributed by atoms with Crippen LogP contribution in [0.2, 0.25) is 0 Å². The number of nitriles is 1. The molecule has 6 heteroatoms. The molecule has 24 heavy (non-hydrogen) atoms. The first-order valence-electron chi connectivity index (χ1n) is 7.34. The van der Waals surface area contributed by atoms with Crippen LogP contribution in [0, 0.1) is 17.2 Å². The monoisotopic (exact) mass is 385 g/mol. The van der Waals surface area contributed by atoms with Crippen LogP contribution in [-0.4, -0.2) is 20.1 Å². The van der Waals surface area contributed by atoms with Crippen molar-refractivity contribution in [3.63, 3.8) is 0 Å².